The average Bonchev–Trinajstić information content (AvgIpc) is 3.40. The summed E-state index contributed by atoms with van der Waals surface area (Å²) in [5, 5.41) is 8.40. The summed E-state index contributed by atoms with van der Waals surface area (Å²) in [4.78, 5) is 23.9. The fourth-order valence-corrected chi connectivity index (χ4v) is 4.08. The summed E-state index contributed by atoms with van der Waals surface area (Å²) in [6, 6.07) is 16.3. The van der Waals surface area contributed by atoms with E-state index in [1.54, 1.807) is 0 Å². The van der Waals surface area contributed by atoms with Gasteiger partial charge in [0.2, 0.25) is 5.91 Å². The molecule has 30 heavy (non-hydrogen) atoms. The monoisotopic (exact) mass is 409 g/mol. The van der Waals surface area contributed by atoms with Crippen LogP contribution in [0, 0.1) is 5.92 Å². The standard InChI is InChI=1S/C23H27N3O4/c27-22(26-15-29-13-16-9-10-24-11-16)12-25-23(28)30-14-21-19-7-3-1-5-17(19)18-6-2-4-8-20(18)21/h1-8,16,21,24H,9-15H2,(H,25,28)(H,26,27)/t16-/m1/s1. The van der Waals surface area contributed by atoms with Gasteiger partial charge < -0.3 is 25.4 Å². The van der Waals surface area contributed by atoms with Gasteiger partial charge in [0.05, 0.1) is 6.61 Å². The van der Waals surface area contributed by atoms with Crippen LogP contribution in [0.3, 0.4) is 0 Å². The van der Waals surface area contributed by atoms with E-state index in [0.29, 0.717) is 12.5 Å². The average molecular weight is 409 g/mol. The van der Waals surface area contributed by atoms with E-state index in [4.69, 9.17) is 9.47 Å². The second kappa shape index (κ2) is 9.73. The van der Waals surface area contributed by atoms with Gasteiger partial charge in [0, 0.05) is 12.5 Å². The molecule has 0 saturated carbocycles. The van der Waals surface area contributed by atoms with Crippen LogP contribution in [-0.2, 0) is 14.3 Å². The molecule has 1 fully saturated rings. The molecule has 1 saturated heterocycles. The molecular weight excluding hydrogens is 382 g/mol. The van der Waals surface area contributed by atoms with Crippen molar-refractivity contribution in [3.05, 3.63) is 59.7 Å². The summed E-state index contributed by atoms with van der Waals surface area (Å²) in [5.41, 5.74) is 4.66. The lowest BCUT2D eigenvalue weighted by Gasteiger charge is -2.14. The smallest absolute Gasteiger partial charge is 0.407 e. The molecule has 2 amide bonds. The Labute approximate surface area is 176 Å². The highest BCUT2D eigenvalue weighted by molar-refractivity contribution is 5.82. The number of nitrogens with one attached hydrogen (secondary N) is 3. The number of carbonyl (C=O) groups is 2. The minimum Gasteiger partial charge on any atom is -0.449 e. The van der Waals surface area contributed by atoms with E-state index in [0.717, 1.165) is 30.6 Å². The molecule has 158 valence electrons. The van der Waals surface area contributed by atoms with Crippen molar-refractivity contribution in [1.29, 1.82) is 0 Å². The van der Waals surface area contributed by atoms with Gasteiger partial charge in [-0.1, -0.05) is 48.5 Å². The number of alkyl carbamates (subject to hydrolysis) is 1. The lowest BCUT2D eigenvalue weighted by atomic mass is 9.98. The Hall–Kier alpha value is -2.90. The Morgan fingerprint density at radius 3 is 2.33 bits per heavy atom. The third-order valence-corrected chi connectivity index (χ3v) is 5.62. The van der Waals surface area contributed by atoms with E-state index < -0.39 is 6.09 Å². The normalized spacial score (nSPS) is 17.3. The highest BCUT2D eigenvalue weighted by Crippen LogP contribution is 2.44. The van der Waals surface area contributed by atoms with E-state index in [9.17, 15) is 9.59 Å². The zero-order chi connectivity index (χ0) is 20.8. The molecule has 1 atom stereocenters. The summed E-state index contributed by atoms with van der Waals surface area (Å²) < 4.78 is 10.9. The molecule has 1 aliphatic heterocycles. The van der Waals surface area contributed by atoms with E-state index in [2.05, 4.69) is 40.2 Å². The fourth-order valence-electron chi connectivity index (χ4n) is 4.08. The number of benzene rings is 2. The first-order chi connectivity index (χ1) is 14.7. The highest BCUT2D eigenvalue weighted by atomic mass is 16.5. The lowest BCUT2D eigenvalue weighted by molar-refractivity contribution is -0.122. The van der Waals surface area contributed by atoms with Crippen LogP contribution >= 0.6 is 0 Å². The summed E-state index contributed by atoms with van der Waals surface area (Å²) in [6.45, 7) is 2.81. The van der Waals surface area contributed by atoms with E-state index >= 15 is 0 Å². The lowest BCUT2D eigenvalue weighted by Crippen LogP contribution is -2.38. The summed E-state index contributed by atoms with van der Waals surface area (Å²) in [7, 11) is 0. The van der Waals surface area contributed by atoms with Crippen molar-refractivity contribution in [2.24, 2.45) is 5.92 Å². The first-order valence-electron chi connectivity index (χ1n) is 10.4. The molecule has 4 rings (SSSR count). The number of amides is 2. The van der Waals surface area contributed by atoms with Crippen molar-refractivity contribution >= 4 is 12.0 Å². The van der Waals surface area contributed by atoms with E-state index in [-0.39, 0.29) is 31.7 Å². The number of hydrogen-bond acceptors (Lipinski definition) is 5. The number of carbonyl (C=O) groups excluding carboxylic acids is 2. The minimum absolute atomic E-state index is 0.00421. The quantitative estimate of drug-likeness (QED) is 0.460. The molecule has 7 nitrogen and oxygen atoms in total. The molecule has 0 radical (unpaired) electrons. The van der Waals surface area contributed by atoms with Crippen molar-refractivity contribution in [2.75, 3.05) is 39.6 Å². The van der Waals surface area contributed by atoms with Gasteiger partial charge in [-0.15, -0.1) is 0 Å². The third kappa shape index (κ3) is 4.80. The van der Waals surface area contributed by atoms with Crippen molar-refractivity contribution in [1.82, 2.24) is 16.0 Å². The summed E-state index contributed by atoms with van der Waals surface area (Å²) >= 11 is 0. The Morgan fingerprint density at radius 1 is 0.967 bits per heavy atom. The molecule has 0 spiro atoms. The molecular formula is C23H27N3O4. The summed E-state index contributed by atoms with van der Waals surface area (Å²) in [5.74, 6) is 0.185. The maximum atomic E-state index is 12.1. The first kappa shape index (κ1) is 20.4. The van der Waals surface area contributed by atoms with Crippen LogP contribution in [0.2, 0.25) is 0 Å². The van der Waals surface area contributed by atoms with Gasteiger partial charge in [0.25, 0.3) is 0 Å². The number of ether oxygens (including phenoxy) is 2. The third-order valence-electron chi connectivity index (χ3n) is 5.62. The van der Waals surface area contributed by atoms with Gasteiger partial charge in [-0.25, -0.2) is 4.79 Å². The second-order valence-electron chi connectivity index (χ2n) is 7.65. The van der Waals surface area contributed by atoms with Gasteiger partial charge >= 0.3 is 6.09 Å². The van der Waals surface area contributed by atoms with Crippen molar-refractivity contribution in [3.63, 3.8) is 0 Å². The molecule has 2 aromatic carbocycles. The predicted molar refractivity (Wildman–Crippen MR) is 113 cm³/mol. The first-order valence-corrected chi connectivity index (χ1v) is 10.4. The molecule has 1 aliphatic carbocycles. The number of hydrogen-bond donors (Lipinski definition) is 3. The highest BCUT2D eigenvalue weighted by Gasteiger charge is 2.29. The van der Waals surface area contributed by atoms with E-state index in [1.807, 2.05) is 24.3 Å². The molecule has 0 unspecified atom stereocenters. The zero-order valence-electron chi connectivity index (χ0n) is 16.9. The van der Waals surface area contributed by atoms with Gasteiger partial charge in [0.15, 0.2) is 0 Å². The SMILES string of the molecule is O=C(CNC(=O)OCC1c2ccccc2-c2ccccc21)NCOC[C@@H]1CCNC1. The van der Waals surface area contributed by atoms with Crippen molar-refractivity contribution < 1.29 is 19.1 Å². The Morgan fingerprint density at radius 2 is 1.67 bits per heavy atom. The van der Waals surface area contributed by atoms with Crippen molar-refractivity contribution in [3.8, 4) is 11.1 Å². The zero-order valence-corrected chi connectivity index (χ0v) is 16.9. The van der Waals surface area contributed by atoms with Gasteiger partial charge in [-0.3, -0.25) is 4.79 Å². The van der Waals surface area contributed by atoms with Crippen LogP contribution in [0.1, 0.15) is 23.5 Å². The maximum Gasteiger partial charge on any atom is 0.407 e. The van der Waals surface area contributed by atoms with Crippen LogP contribution in [0.4, 0.5) is 4.79 Å². The van der Waals surface area contributed by atoms with Crippen LogP contribution in [0.5, 0.6) is 0 Å². The maximum absolute atomic E-state index is 12.1. The fraction of sp³-hybridized carbons (Fsp3) is 0.391. The largest absolute Gasteiger partial charge is 0.449 e. The Bertz CT molecular complexity index is 850. The molecule has 2 aromatic rings. The van der Waals surface area contributed by atoms with Crippen LogP contribution < -0.4 is 16.0 Å². The Balaban J connectivity index is 1.19. The minimum atomic E-state index is -0.607. The molecule has 0 aromatic heterocycles. The van der Waals surface area contributed by atoms with Crippen LogP contribution in [-0.4, -0.2) is 51.6 Å². The van der Waals surface area contributed by atoms with E-state index in [1.165, 1.54) is 11.1 Å². The molecule has 3 N–H and O–H groups in total. The van der Waals surface area contributed by atoms with Gasteiger partial charge in [0.1, 0.15) is 19.9 Å². The molecule has 2 aliphatic rings. The van der Waals surface area contributed by atoms with Gasteiger partial charge in [-0.05, 0) is 41.1 Å². The Kier molecular flexibility index (Phi) is 6.61. The van der Waals surface area contributed by atoms with Crippen LogP contribution in [0.25, 0.3) is 11.1 Å². The van der Waals surface area contributed by atoms with Crippen molar-refractivity contribution in [2.45, 2.75) is 12.3 Å². The second-order valence-corrected chi connectivity index (χ2v) is 7.65. The van der Waals surface area contributed by atoms with Crippen LogP contribution in [0.15, 0.2) is 48.5 Å². The molecule has 7 heteroatoms. The topological polar surface area (TPSA) is 88.7 Å². The summed E-state index contributed by atoms with van der Waals surface area (Å²) in [6.07, 6.45) is 0.488. The number of fused-ring (bicyclic) bond motifs is 3. The number of rotatable bonds is 8. The molecule has 1 heterocycles. The molecule has 0 bridgehead atoms. The predicted octanol–water partition coefficient (Wildman–Crippen LogP) is 2.22. The van der Waals surface area contributed by atoms with Gasteiger partial charge in [-0.2, -0.15) is 0 Å².